The number of aromatic nitrogens is 5. The molecule has 0 atom stereocenters. The van der Waals surface area contributed by atoms with E-state index in [1.807, 2.05) is 30.7 Å². The van der Waals surface area contributed by atoms with Gasteiger partial charge in [-0.1, -0.05) is 12.2 Å². The van der Waals surface area contributed by atoms with Crippen molar-refractivity contribution in [3.8, 4) is 0 Å². The van der Waals surface area contributed by atoms with Crippen molar-refractivity contribution in [2.24, 2.45) is 7.05 Å². The summed E-state index contributed by atoms with van der Waals surface area (Å²) in [4.78, 5) is 29.8. The van der Waals surface area contributed by atoms with Crippen molar-refractivity contribution in [3.05, 3.63) is 44.9 Å². The fourth-order valence-electron chi connectivity index (χ4n) is 2.89. The topological polar surface area (TPSA) is 75.5 Å². The van der Waals surface area contributed by atoms with Crippen molar-refractivity contribution in [1.82, 2.24) is 23.1 Å². The predicted octanol–water partition coefficient (Wildman–Crippen LogP) is 0.680. The molecule has 0 aromatic carbocycles. The van der Waals surface area contributed by atoms with Crippen LogP contribution < -0.4 is 11.2 Å². The largest absolute Gasteiger partial charge is 0.383 e. The number of allylic oxidation sites excluding steroid dienone is 2. The molecule has 0 N–H and O–H groups in total. The van der Waals surface area contributed by atoms with E-state index < -0.39 is 0 Å². The number of rotatable bonds is 5. The Morgan fingerprint density at radius 3 is 2.71 bits per heavy atom. The molecule has 3 aromatic heterocycles. The lowest BCUT2D eigenvalue weighted by atomic mass is 10.4. The second kappa shape index (κ2) is 6.12. The van der Waals surface area contributed by atoms with Gasteiger partial charge in [-0.25, -0.2) is 4.79 Å². The minimum absolute atomic E-state index is 0.245. The van der Waals surface area contributed by atoms with Gasteiger partial charge in [0.2, 0.25) is 5.78 Å². The van der Waals surface area contributed by atoms with Crippen molar-refractivity contribution in [3.63, 3.8) is 0 Å². The van der Waals surface area contributed by atoms with E-state index in [0.717, 1.165) is 5.69 Å². The van der Waals surface area contributed by atoms with Crippen molar-refractivity contribution in [1.29, 1.82) is 0 Å². The lowest BCUT2D eigenvalue weighted by molar-refractivity contribution is 0.187. The number of hydrogen-bond donors (Lipinski definition) is 0. The minimum atomic E-state index is -0.369. The Hall–Kier alpha value is -2.61. The minimum Gasteiger partial charge on any atom is -0.383 e. The summed E-state index contributed by atoms with van der Waals surface area (Å²) in [6, 6.07) is 0. The third-order valence-electron chi connectivity index (χ3n) is 4.18. The van der Waals surface area contributed by atoms with Gasteiger partial charge in [0.25, 0.3) is 5.56 Å². The van der Waals surface area contributed by atoms with Crippen LogP contribution in [0.1, 0.15) is 12.6 Å². The molecule has 128 valence electrons. The van der Waals surface area contributed by atoms with E-state index in [9.17, 15) is 9.59 Å². The summed E-state index contributed by atoms with van der Waals surface area (Å²) in [6.07, 6.45) is 5.46. The molecule has 3 heterocycles. The monoisotopic (exact) mass is 331 g/mol. The highest BCUT2D eigenvalue weighted by Gasteiger charge is 2.19. The van der Waals surface area contributed by atoms with Gasteiger partial charge in [-0.2, -0.15) is 4.98 Å². The Labute approximate surface area is 138 Å². The Morgan fingerprint density at radius 2 is 2.04 bits per heavy atom. The highest BCUT2D eigenvalue weighted by molar-refractivity contribution is 5.75. The number of hydrogen-bond acceptors (Lipinski definition) is 4. The third-order valence-corrected chi connectivity index (χ3v) is 4.18. The van der Waals surface area contributed by atoms with Gasteiger partial charge in [-0.3, -0.25) is 18.3 Å². The number of ether oxygens (including phenoxy) is 1. The van der Waals surface area contributed by atoms with Crippen LogP contribution in [0, 0.1) is 6.92 Å². The number of nitrogens with zero attached hydrogens (tertiary/aromatic N) is 5. The lowest BCUT2D eigenvalue weighted by Crippen LogP contribution is -2.39. The lowest BCUT2D eigenvalue weighted by Gasteiger charge is -2.05. The zero-order chi connectivity index (χ0) is 17.4. The Balaban J connectivity index is 2.37. The molecule has 0 aliphatic carbocycles. The summed E-state index contributed by atoms with van der Waals surface area (Å²) in [7, 11) is 3.27. The third kappa shape index (κ3) is 2.30. The molecule has 24 heavy (non-hydrogen) atoms. The van der Waals surface area contributed by atoms with E-state index in [2.05, 4.69) is 4.98 Å². The van der Waals surface area contributed by atoms with Crippen LogP contribution in [-0.4, -0.2) is 36.8 Å². The molecule has 8 heteroatoms. The van der Waals surface area contributed by atoms with Gasteiger partial charge in [0, 0.05) is 39.1 Å². The van der Waals surface area contributed by atoms with Crippen molar-refractivity contribution < 1.29 is 4.74 Å². The van der Waals surface area contributed by atoms with Crippen LogP contribution in [-0.2, 0) is 24.9 Å². The predicted molar refractivity (Wildman–Crippen MR) is 91.6 cm³/mol. The first kappa shape index (κ1) is 16.3. The molecule has 0 saturated carbocycles. The van der Waals surface area contributed by atoms with Crippen molar-refractivity contribution in [2.45, 2.75) is 26.9 Å². The average Bonchev–Trinajstić information content (AvgIpc) is 3.06. The number of fused-ring (bicyclic) bond motifs is 3. The van der Waals surface area contributed by atoms with Gasteiger partial charge < -0.3 is 9.30 Å². The standard InChI is InChI=1S/C16H21N5O3/c1-5-6-7-20-14(22)12-13(18(3)16(20)23)17-15-19(8-9-24-4)11(2)10-21(12)15/h5-6,10H,7-9H2,1-4H3/b6-5+. The molecule has 0 saturated heterocycles. The van der Waals surface area contributed by atoms with Gasteiger partial charge in [0.1, 0.15) is 0 Å². The molecule has 0 fully saturated rings. The van der Waals surface area contributed by atoms with Crippen LogP contribution in [0.25, 0.3) is 16.9 Å². The van der Waals surface area contributed by atoms with E-state index in [0.29, 0.717) is 30.1 Å². The Kier molecular flexibility index (Phi) is 4.15. The van der Waals surface area contributed by atoms with Gasteiger partial charge in [0.05, 0.1) is 6.61 Å². The Bertz CT molecular complexity index is 1050. The first-order chi connectivity index (χ1) is 11.5. The Morgan fingerprint density at radius 1 is 1.29 bits per heavy atom. The fraction of sp³-hybridized carbons (Fsp3) is 0.438. The van der Waals surface area contributed by atoms with Crippen LogP contribution >= 0.6 is 0 Å². The molecular weight excluding hydrogens is 310 g/mol. The quantitative estimate of drug-likeness (QED) is 0.644. The maximum absolute atomic E-state index is 12.8. The van der Waals surface area contributed by atoms with Crippen LogP contribution in [0.2, 0.25) is 0 Å². The average molecular weight is 331 g/mol. The highest BCUT2D eigenvalue weighted by atomic mass is 16.5. The van der Waals surface area contributed by atoms with E-state index in [4.69, 9.17) is 4.74 Å². The van der Waals surface area contributed by atoms with E-state index in [1.54, 1.807) is 24.6 Å². The molecule has 3 aromatic rings. The molecule has 0 unspecified atom stereocenters. The van der Waals surface area contributed by atoms with Crippen molar-refractivity contribution >= 4 is 16.9 Å². The first-order valence-electron chi connectivity index (χ1n) is 7.79. The van der Waals surface area contributed by atoms with Crippen LogP contribution in [0.15, 0.2) is 27.9 Å². The number of aryl methyl sites for hydroxylation is 2. The molecule has 0 aliphatic heterocycles. The zero-order valence-electron chi connectivity index (χ0n) is 14.3. The molecule has 8 nitrogen and oxygen atoms in total. The normalized spacial score (nSPS) is 12.2. The highest BCUT2D eigenvalue weighted by Crippen LogP contribution is 2.16. The molecule has 0 amide bonds. The zero-order valence-corrected chi connectivity index (χ0v) is 14.3. The van der Waals surface area contributed by atoms with E-state index in [-0.39, 0.29) is 17.8 Å². The first-order valence-corrected chi connectivity index (χ1v) is 7.79. The number of imidazole rings is 2. The van der Waals surface area contributed by atoms with Gasteiger partial charge >= 0.3 is 5.69 Å². The van der Waals surface area contributed by atoms with Crippen LogP contribution in [0.5, 0.6) is 0 Å². The maximum Gasteiger partial charge on any atom is 0.332 e. The van der Waals surface area contributed by atoms with Crippen LogP contribution in [0.4, 0.5) is 0 Å². The van der Waals surface area contributed by atoms with Gasteiger partial charge in [0.15, 0.2) is 11.2 Å². The van der Waals surface area contributed by atoms with E-state index in [1.165, 1.54) is 9.13 Å². The summed E-state index contributed by atoms with van der Waals surface area (Å²) < 4.78 is 11.5. The SMILES string of the molecule is C/C=C/Cn1c(=O)c2c(nc3n(CCOC)c(C)cn23)n(C)c1=O. The summed E-state index contributed by atoms with van der Waals surface area (Å²) >= 11 is 0. The van der Waals surface area contributed by atoms with Gasteiger partial charge in [-0.15, -0.1) is 0 Å². The maximum atomic E-state index is 12.8. The molecule has 0 bridgehead atoms. The van der Waals surface area contributed by atoms with E-state index >= 15 is 0 Å². The fourth-order valence-corrected chi connectivity index (χ4v) is 2.89. The summed E-state index contributed by atoms with van der Waals surface area (Å²) in [5.74, 6) is 0.635. The summed E-state index contributed by atoms with van der Waals surface area (Å²) in [5, 5.41) is 0. The second-order valence-electron chi connectivity index (χ2n) is 5.70. The van der Waals surface area contributed by atoms with Crippen LogP contribution in [0.3, 0.4) is 0 Å². The molecule has 0 radical (unpaired) electrons. The summed E-state index contributed by atoms with van der Waals surface area (Å²) in [6.45, 7) is 5.22. The molecular formula is C16H21N5O3. The summed E-state index contributed by atoms with van der Waals surface area (Å²) in [5.41, 5.74) is 1.08. The molecule has 0 aliphatic rings. The smallest absolute Gasteiger partial charge is 0.332 e. The molecule has 0 spiro atoms. The number of methoxy groups -OCH3 is 1. The van der Waals surface area contributed by atoms with Crippen molar-refractivity contribution in [2.75, 3.05) is 13.7 Å². The second-order valence-corrected chi connectivity index (χ2v) is 5.70. The van der Waals surface area contributed by atoms with Gasteiger partial charge in [-0.05, 0) is 13.8 Å². The molecule has 3 rings (SSSR count).